The Kier molecular flexibility index (Phi) is 10.8. The molecule has 2 heterocycles. The zero-order valence-electron chi connectivity index (χ0n) is 18.2. The van der Waals surface area contributed by atoms with Gasteiger partial charge in [0.1, 0.15) is 0 Å². The molecular weight excluding hydrogens is 465 g/mol. The minimum atomic E-state index is 0. The summed E-state index contributed by atoms with van der Waals surface area (Å²) in [6.07, 6.45) is 8.69. The average Bonchev–Trinajstić information content (AvgIpc) is 3.29. The first-order valence-corrected chi connectivity index (χ1v) is 11.3. The van der Waals surface area contributed by atoms with Gasteiger partial charge in [-0.2, -0.15) is 0 Å². The number of morpholine rings is 1. The van der Waals surface area contributed by atoms with Gasteiger partial charge in [-0.25, -0.2) is 0 Å². The molecule has 28 heavy (non-hydrogen) atoms. The highest BCUT2D eigenvalue weighted by Gasteiger charge is 2.30. The van der Waals surface area contributed by atoms with Gasteiger partial charge in [0.05, 0.1) is 12.2 Å². The van der Waals surface area contributed by atoms with Crippen molar-refractivity contribution >= 4 is 29.9 Å². The average molecular weight is 508 g/mol. The van der Waals surface area contributed by atoms with Crippen LogP contribution in [0.15, 0.2) is 4.99 Å². The number of rotatable bonds is 7. The Bertz CT molecular complexity index is 462. The van der Waals surface area contributed by atoms with Crippen molar-refractivity contribution in [2.45, 2.75) is 83.6 Å². The van der Waals surface area contributed by atoms with Gasteiger partial charge in [-0.1, -0.05) is 12.8 Å². The largest absolute Gasteiger partial charge is 0.373 e. The Morgan fingerprint density at radius 1 is 1.07 bits per heavy atom. The zero-order chi connectivity index (χ0) is 19.1. The lowest BCUT2D eigenvalue weighted by Crippen LogP contribution is -2.46. The van der Waals surface area contributed by atoms with Crippen LogP contribution >= 0.6 is 24.0 Å². The van der Waals surface area contributed by atoms with Gasteiger partial charge in [0, 0.05) is 57.9 Å². The van der Waals surface area contributed by atoms with Gasteiger partial charge < -0.3 is 15.4 Å². The fraction of sp³-hybridized carbons (Fsp3) is 0.952. The van der Waals surface area contributed by atoms with Gasteiger partial charge >= 0.3 is 0 Å². The highest BCUT2D eigenvalue weighted by molar-refractivity contribution is 14.0. The van der Waals surface area contributed by atoms with E-state index in [2.05, 4.69) is 41.2 Å². The molecule has 3 fully saturated rings. The van der Waals surface area contributed by atoms with Gasteiger partial charge in [0.25, 0.3) is 0 Å². The quantitative estimate of drug-likeness (QED) is 0.240. The maximum atomic E-state index is 5.82. The van der Waals surface area contributed by atoms with Crippen LogP contribution in [0.5, 0.6) is 0 Å². The van der Waals surface area contributed by atoms with E-state index in [1.807, 2.05) is 0 Å². The van der Waals surface area contributed by atoms with E-state index in [-0.39, 0.29) is 24.0 Å². The molecule has 2 aliphatic heterocycles. The van der Waals surface area contributed by atoms with Crippen molar-refractivity contribution in [2.24, 2.45) is 4.99 Å². The molecule has 3 atom stereocenters. The van der Waals surface area contributed by atoms with Crippen molar-refractivity contribution in [3.63, 3.8) is 0 Å². The second kappa shape index (κ2) is 12.5. The van der Waals surface area contributed by atoms with Crippen molar-refractivity contribution in [3.05, 3.63) is 0 Å². The number of ether oxygens (including phenoxy) is 1. The second-order valence-corrected chi connectivity index (χ2v) is 8.69. The van der Waals surface area contributed by atoms with Crippen LogP contribution in [0.1, 0.15) is 59.3 Å². The van der Waals surface area contributed by atoms with E-state index < -0.39 is 0 Å². The molecule has 3 rings (SSSR count). The molecule has 2 N–H and O–H groups in total. The number of hydrogen-bond donors (Lipinski definition) is 2. The summed E-state index contributed by atoms with van der Waals surface area (Å²) in [5, 5.41) is 7.12. The third kappa shape index (κ3) is 7.61. The van der Waals surface area contributed by atoms with Gasteiger partial charge in [-0.3, -0.25) is 14.8 Å². The molecule has 3 aliphatic rings. The highest BCUT2D eigenvalue weighted by Crippen LogP contribution is 2.26. The third-order valence-electron chi connectivity index (χ3n) is 6.14. The minimum absolute atomic E-state index is 0. The molecule has 6 nitrogen and oxygen atoms in total. The van der Waals surface area contributed by atoms with Crippen molar-refractivity contribution in [1.29, 1.82) is 0 Å². The molecule has 0 spiro atoms. The van der Waals surface area contributed by atoms with Crippen LogP contribution in [-0.4, -0.2) is 85.9 Å². The Morgan fingerprint density at radius 2 is 1.79 bits per heavy atom. The molecule has 1 aliphatic carbocycles. The summed E-state index contributed by atoms with van der Waals surface area (Å²) in [5.74, 6) is 1.000. The van der Waals surface area contributed by atoms with E-state index in [1.54, 1.807) is 0 Å². The monoisotopic (exact) mass is 507 g/mol. The summed E-state index contributed by atoms with van der Waals surface area (Å²) in [6, 6.07) is 1.39. The number of guanidine groups is 1. The van der Waals surface area contributed by atoms with E-state index >= 15 is 0 Å². The van der Waals surface area contributed by atoms with Gasteiger partial charge in [-0.15, -0.1) is 24.0 Å². The molecule has 3 unspecified atom stereocenters. The lowest BCUT2D eigenvalue weighted by Gasteiger charge is -2.35. The maximum Gasteiger partial charge on any atom is 0.191 e. The first-order valence-electron chi connectivity index (χ1n) is 11.3. The van der Waals surface area contributed by atoms with Crippen molar-refractivity contribution in [3.8, 4) is 0 Å². The molecule has 0 aromatic rings. The smallest absolute Gasteiger partial charge is 0.191 e. The lowest BCUT2D eigenvalue weighted by molar-refractivity contribution is -0.0679. The summed E-state index contributed by atoms with van der Waals surface area (Å²) in [4.78, 5) is 10.1. The van der Waals surface area contributed by atoms with Crippen molar-refractivity contribution in [2.75, 3.05) is 45.8 Å². The third-order valence-corrected chi connectivity index (χ3v) is 6.14. The normalized spacial score (nSPS) is 30.4. The van der Waals surface area contributed by atoms with E-state index in [4.69, 9.17) is 9.73 Å². The predicted molar refractivity (Wildman–Crippen MR) is 128 cm³/mol. The SMILES string of the molecule is CCNC(=NCCCN1CC(C)OC(C)C1)NC1CCN(C2CCCC2)C1.I. The van der Waals surface area contributed by atoms with Crippen molar-refractivity contribution < 1.29 is 4.74 Å². The van der Waals surface area contributed by atoms with Crippen LogP contribution in [0.3, 0.4) is 0 Å². The number of likely N-dealkylation sites (tertiary alicyclic amines) is 1. The first-order chi connectivity index (χ1) is 13.1. The van der Waals surface area contributed by atoms with E-state index in [1.165, 1.54) is 45.2 Å². The number of aliphatic imine (C=N–C) groups is 1. The molecular formula is C21H42IN5O. The van der Waals surface area contributed by atoms with Gasteiger partial charge in [-0.05, 0) is 46.5 Å². The Hall–Kier alpha value is -0.120. The van der Waals surface area contributed by atoms with Gasteiger partial charge in [0.15, 0.2) is 5.96 Å². The fourth-order valence-corrected chi connectivity index (χ4v) is 4.97. The van der Waals surface area contributed by atoms with Crippen molar-refractivity contribution in [1.82, 2.24) is 20.4 Å². The number of nitrogens with one attached hydrogen (secondary N) is 2. The number of hydrogen-bond acceptors (Lipinski definition) is 4. The molecule has 7 heteroatoms. The highest BCUT2D eigenvalue weighted by atomic mass is 127. The standard InChI is InChI=1S/C21H41N5O.HI/c1-4-22-21(23-11-7-12-25-14-17(2)27-18(3)15-25)24-19-10-13-26(16-19)20-8-5-6-9-20;/h17-20H,4-16H2,1-3H3,(H2,22,23,24);1H. The molecule has 0 aromatic carbocycles. The molecule has 0 radical (unpaired) electrons. The molecule has 2 saturated heterocycles. The van der Waals surface area contributed by atoms with E-state index in [0.29, 0.717) is 18.2 Å². The summed E-state index contributed by atoms with van der Waals surface area (Å²) in [5.41, 5.74) is 0. The van der Waals surface area contributed by atoms with Crippen LogP contribution in [0.4, 0.5) is 0 Å². The van der Waals surface area contributed by atoms with Crippen LogP contribution in [0, 0.1) is 0 Å². The summed E-state index contributed by atoms with van der Waals surface area (Å²) in [6.45, 7) is 13.9. The molecule has 0 aromatic heterocycles. The van der Waals surface area contributed by atoms with E-state index in [9.17, 15) is 0 Å². The summed E-state index contributed by atoms with van der Waals surface area (Å²) in [7, 11) is 0. The Balaban J connectivity index is 0.00000280. The van der Waals surface area contributed by atoms with Crippen LogP contribution < -0.4 is 10.6 Å². The fourth-order valence-electron chi connectivity index (χ4n) is 4.97. The zero-order valence-corrected chi connectivity index (χ0v) is 20.5. The van der Waals surface area contributed by atoms with Crippen LogP contribution in [0.25, 0.3) is 0 Å². The minimum Gasteiger partial charge on any atom is -0.373 e. The predicted octanol–water partition coefficient (Wildman–Crippen LogP) is 2.68. The van der Waals surface area contributed by atoms with Gasteiger partial charge in [0.2, 0.25) is 0 Å². The Labute approximate surface area is 189 Å². The second-order valence-electron chi connectivity index (χ2n) is 8.69. The molecule has 0 bridgehead atoms. The lowest BCUT2D eigenvalue weighted by atomic mass is 10.2. The Morgan fingerprint density at radius 3 is 2.46 bits per heavy atom. The molecule has 0 amide bonds. The van der Waals surface area contributed by atoms with E-state index in [0.717, 1.165) is 51.1 Å². The first kappa shape index (κ1) is 24.2. The molecule has 164 valence electrons. The summed E-state index contributed by atoms with van der Waals surface area (Å²) < 4.78 is 5.82. The van der Waals surface area contributed by atoms with Crippen LogP contribution in [0.2, 0.25) is 0 Å². The van der Waals surface area contributed by atoms with Crippen LogP contribution in [-0.2, 0) is 4.74 Å². The number of halogens is 1. The molecule has 1 saturated carbocycles. The topological polar surface area (TPSA) is 52.1 Å². The summed E-state index contributed by atoms with van der Waals surface area (Å²) >= 11 is 0. The maximum absolute atomic E-state index is 5.82. The number of nitrogens with zero attached hydrogens (tertiary/aromatic N) is 3.